The molecule has 21 heavy (non-hydrogen) atoms. The van der Waals surface area contributed by atoms with Crippen LogP contribution in [0.25, 0.3) is 10.2 Å². The minimum absolute atomic E-state index is 0.752. The molecule has 0 aliphatic carbocycles. The van der Waals surface area contributed by atoms with Crippen LogP contribution in [0.2, 0.25) is 0 Å². The first-order valence-electron chi connectivity index (χ1n) is 6.94. The molecular formula is C15H18N4S2. The minimum Gasteiger partial charge on any atom is -0.370 e. The molecule has 0 spiro atoms. The van der Waals surface area contributed by atoms with Crippen molar-refractivity contribution in [3.8, 4) is 0 Å². The third-order valence-corrected chi connectivity index (χ3v) is 4.70. The molecule has 0 radical (unpaired) electrons. The summed E-state index contributed by atoms with van der Waals surface area (Å²) in [5, 5.41) is 10.8. The maximum absolute atomic E-state index is 4.68. The lowest BCUT2D eigenvalue weighted by atomic mass is 10.3. The van der Waals surface area contributed by atoms with Crippen molar-refractivity contribution in [2.45, 2.75) is 20.0 Å². The summed E-state index contributed by atoms with van der Waals surface area (Å²) in [6.45, 7) is 4.63. The fraction of sp³-hybridized carbons (Fsp3) is 0.333. The fourth-order valence-electron chi connectivity index (χ4n) is 2.26. The largest absolute Gasteiger partial charge is 0.370 e. The molecule has 110 valence electrons. The molecule has 0 unspecified atom stereocenters. The van der Waals surface area contributed by atoms with E-state index >= 15 is 0 Å². The van der Waals surface area contributed by atoms with Gasteiger partial charge in [-0.2, -0.15) is 11.3 Å². The first-order chi connectivity index (χ1) is 10.3. The van der Waals surface area contributed by atoms with E-state index in [0.29, 0.717) is 0 Å². The molecule has 1 N–H and O–H groups in total. The molecule has 0 bridgehead atoms. The number of nitrogens with one attached hydrogen (secondary N) is 1. The lowest BCUT2D eigenvalue weighted by Crippen LogP contribution is -2.19. The van der Waals surface area contributed by atoms with Crippen LogP contribution < -0.4 is 5.32 Å². The molecule has 0 atom stereocenters. The van der Waals surface area contributed by atoms with Crippen molar-refractivity contribution in [3.63, 3.8) is 0 Å². The molecule has 0 saturated carbocycles. The first-order valence-corrected chi connectivity index (χ1v) is 8.76. The monoisotopic (exact) mass is 318 g/mol. The Balaban J connectivity index is 1.79. The highest BCUT2D eigenvalue weighted by Gasteiger charge is 2.10. The van der Waals surface area contributed by atoms with E-state index in [1.165, 1.54) is 5.56 Å². The summed E-state index contributed by atoms with van der Waals surface area (Å²) in [6, 6.07) is 4.24. The van der Waals surface area contributed by atoms with E-state index in [1.807, 2.05) is 0 Å². The Morgan fingerprint density at radius 1 is 1.19 bits per heavy atom. The third kappa shape index (κ3) is 3.40. The fourth-order valence-corrected chi connectivity index (χ4v) is 3.71. The van der Waals surface area contributed by atoms with Crippen molar-refractivity contribution < 1.29 is 0 Å². The number of rotatable bonds is 6. The summed E-state index contributed by atoms with van der Waals surface area (Å²) in [4.78, 5) is 12.7. The van der Waals surface area contributed by atoms with E-state index in [1.54, 1.807) is 22.7 Å². The van der Waals surface area contributed by atoms with Crippen molar-refractivity contribution in [1.82, 2.24) is 14.9 Å². The number of hydrogen-bond acceptors (Lipinski definition) is 6. The molecule has 3 rings (SSSR count). The molecule has 3 aromatic rings. The Bertz CT molecular complexity index is 706. The van der Waals surface area contributed by atoms with E-state index in [2.05, 4.69) is 62.4 Å². The molecule has 3 heterocycles. The highest BCUT2D eigenvalue weighted by Crippen LogP contribution is 2.25. The van der Waals surface area contributed by atoms with Crippen molar-refractivity contribution in [2.24, 2.45) is 0 Å². The van der Waals surface area contributed by atoms with Gasteiger partial charge in [0.15, 0.2) is 0 Å². The zero-order valence-corrected chi connectivity index (χ0v) is 13.8. The van der Waals surface area contributed by atoms with Gasteiger partial charge in [-0.05, 0) is 47.8 Å². The van der Waals surface area contributed by atoms with Crippen molar-refractivity contribution in [1.29, 1.82) is 0 Å². The van der Waals surface area contributed by atoms with Crippen molar-refractivity contribution in [3.05, 3.63) is 39.7 Å². The third-order valence-electron chi connectivity index (χ3n) is 3.16. The van der Waals surface area contributed by atoms with E-state index in [-0.39, 0.29) is 0 Å². The van der Waals surface area contributed by atoms with Gasteiger partial charge in [0, 0.05) is 13.1 Å². The molecule has 3 aromatic heterocycles. The van der Waals surface area contributed by atoms with Crippen LogP contribution in [0, 0.1) is 0 Å². The van der Waals surface area contributed by atoms with E-state index < -0.39 is 0 Å². The summed E-state index contributed by atoms with van der Waals surface area (Å²) in [5.41, 5.74) is 1.34. The van der Waals surface area contributed by atoms with Crippen LogP contribution in [0.5, 0.6) is 0 Å². The van der Waals surface area contributed by atoms with Gasteiger partial charge >= 0.3 is 0 Å². The standard InChI is InChI=1S/C15H18N4S2/c1-3-16-14-12-5-7-21-15(12)18-13(17-14)9-19(2)8-11-4-6-20-10-11/h4-7,10H,3,8-9H2,1-2H3,(H,16,17,18). The van der Waals surface area contributed by atoms with Crippen LogP contribution in [0.4, 0.5) is 5.82 Å². The highest BCUT2D eigenvalue weighted by molar-refractivity contribution is 7.16. The molecule has 0 fully saturated rings. The van der Waals surface area contributed by atoms with Crippen LogP contribution in [-0.4, -0.2) is 28.5 Å². The quantitative estimate of drug-likeness (QED) is 0.750. The molecular weight excluding hydrogens is 300 g/mol. The van der Waals surface area contributed by atoms with Gasteiger partial charge in [0.05, 0.1) is 11.9 Å². The summed E-state index contributed by atoms with van der Waals surface area (Å²) in [7, 11) is 2.10. The van der Waals surface area contributed by atoms with Crippen molar-refractivity contribution in [2.75, 3.05) is 18.9 Å². The predicted octanol–water partition coefficient (Wildman–Crippen LogP) is 3.82. The lowest BCUT2D eigenvalue weighted by Gasteiger charge is -2.15. The minimum atomic E-state index is 0.752. The van der Waals surface area contributed by atoms with Crippen LogP contribution in [-0.2, 0) is 13.1 Å². The summed E-state index contributed by atoms with van der Waals surface area (Å²) in [5.74, 6) is 1.82. The zero-order chi connectivity index (χ0) is 14.7. The van der Waals surface area contributed by atoms with Gasteiger partial charge in [0.1, 0.15) is 16.5 Å². The zero-order valence-electron chi connectivity index (χ0n) is 12.2. The molecule has 0 aliphatic heterocycles. The Labute approximate surface area is 132 Å². The SMILES string of the molecule is CCNc1nc(CN(C)Cc2ccsc2)nc2sccc12. The molecule has 0 amide bonds. The van der Waals surface area contributed by atoms with Crippen molar-refractivity contribution >= 4 is 38.7 Å². The average Bonchev–Trinajstić information content (AvgIpc) is 3.09. The molecule has 4 nitrogen and oxygen atoms in total. The molecule has 6 heteroatoms. The predicted molar refractivity (Wildman–Crippen MR) is 91.1 cm³/mol. The van der Waals surface area contributed by atoms with Crippen LogP contribution in [0.1, 0.15) is 18.3 Å². The number of nitrogens with zero attached hydrogens (tertiary/aromatic N) is 3. The Morgan fingerprint density at radius 3 is 2.86 bits per heavy atom. The summed E-state index contributed by atoms with van der Waals surface area (Å²) >= 11 is 3.40. The van der Waals surface area contributed by atoms with Gasteiger partial charge in [0.2, 0.25) is 0 Å². The van der Waals surface area contributed by atoms with Gasteiger partial charge in [-0.15, -0.1) is 11.3 Å². The van der Waals surface area contributed by atoms with Crippen LogP contribution in [0.15, 0.2) is 28.3 Å². The average molecular weight is 318 g/mol. The molecule has 0 aromatic carbocycles. The summed E-state index contributed by atoms with van der Waals surface area (Å²) < 4.78 is 0. The van der Waals surface area contributed by atoms with E-state index in [9.17, 15) is 0 Å². The second-order valence-electron chi connectivity index (χ2n) is 4.96. The second-order valence-corrected chi connectivity index (χ2v) is 6.64. The van der Waals surface area contributed by atoms with Gasteiger partial charge in [-0.25, -0.2) is 9.97 Å². The lowest BCUT2D eigenvalue weighted by molar-refractivity contribution is 0.311. The number of anilines is 1. The topological polar surface area (TPSA) is 41.1 Å². The van der Waals surface area contributed by atoms with Crippen LogP contribution in [0.3, 0.4) is 0 Å². The van der Waals surface area contributed by atoms with E-state index in [0.717, 1.165) is 41.5 Å². The number of aromatic nitrogens is 2. The van der Waals surface area contributed by atoms with Crippen LogP contribution >= 0.6 is 22.7 Å². The van der Waals surface area contributed by atoms with Gasteiger partial charge < -0.3 is 5.32 Å². The molecule has 0 aliphatic rings. The maximum Gasteiger partial charge on any atom is 0.146 e. The number of fused-ring (bicyclic) bond motifs is 1. The highest BCUT2D eigenvalue weighted by atomic mass is 32.1. The van der Waals surface area contributed by atoms with Gasteiger partial charge in [0.25, 0.3) is 0 Å². The second kappa shape index (κ2) is 6.51. The van der Waals surface area contributed by atoms with E-state index in [4.69, 9.17) is 0 Å². The number of thiophene rings is 2. The van der Waals surface area contributed by atoms with Gasteiger partial charge in [-0.1, -0.05) is 0 Å². The maximum atomic E-state index is 4.68. The summed E-state index contributed by atoms with van der Waals surface area (Å²) in [6.07, 6.45) is 0. The smallest absolute Gasteiger partial charge is 0.146 e. The van der Waals surface area contributed by atoms with Gasteiger partial charge in [-0.3, -0.25) is 4.90 Å². The Kier molecular flexibility index (Phi) is 4.48. The Morgan fingerprint density at radius 2 is 2.10 bits per heavy atom. The molecule has 0 saturated heterocycles. The first kappa shape index (κ1) is 14.4. The number of hydrogen-bond donors (Lipinski definition) is 1. The normalized spacial score (nSPS) is 11.4. The Hall–Kier alpha value is -1.50.